The van der Waals surface area contributed by atoms with Crippen LogP contribution in [0.5, 0.6) is 0 Å². The Balaban J connectivity index is 0.000000458. The van der Waals surface area contributed by atoms with Crippen LogP contribution in [0.2, 0.25) is 0 Å². The lowest BCUT2D eigenvalue weighted by Crippen LogP contribution is -2.51. The topological polar surface area (TPSA) is 183 Å². The highest BCUT2D eigenvalue weighted by molar-refractivity contribution is 7.09. The van der Waals surface area contributed by atoms with Crippen molar-refractivity contribution in [1.82, 2.24) is 21.3 Å². The normalized spacial score (nSPS) is 10.2. The van der Waals surface area contributed by atoms with Gasteiger partial charge in [0.05, 0.1) is 13.1 Å². The summed E-state index contributed by atoms with van der Waals surface area (Å²) in [6, 6.07) is 38.1. The number of amides is 5. The third-order valence-corrected chi connectivity index (χ3v) is 8.78. The van der Waals surface area contributed by atoms with Crippen molar-refractivity contribution in [3.8, 4) is 24.0 Å². The minimum atomic E-state index is -1.23. The van der Waals surface area contributed by atoms with Gasteiger partial charge in [0, 0.05) is 29.8 Å². The van der Waals surface area contributed by atoms with E-state index in [1.807, 2.05) is 25.1 Å². The summed E-state index contributed by atoms with van der Waals surface area (Å²) in [6.07, 6.45) is 7.91. The van der Waals surface area contributed by atoms with E-state index in [4.69, 9.17) is 5.11 Å². The fraction of sp³-hybridized carbons (Fsp3) is 0.217. The van der Waals surface area contributed by atoms with Gasteiger partial charge in [0.15, 0.2) is 0 Å². The van der Waals surface area contributed by atoms with E-state index in [9.17, 15) is 28.8 Å². The van der Waals surface area contributed by atoms with Crippen molar-refractivity contribution < 1.29 is 33.9 Å². The van der Waals surface area contributed by atoms with Crippen LogP contribution in [0, 0.1) is 33.6 Å². The van der Waals surface area contributed by atoms with Gasteiger partial charge in [-0.05, 0) is 61.0 Å². The Morgan fingerprint density at radius 2 is 1.10 bits per heavy atom. The third kappa shape index (κ3) is 21.2. The van der Waals surface area contributed by atoms with Gasteiger partial charge in [0.2, 0.25) is 29.5 Å². The van der Waals surface area contributed by atoms with Crippen molar-refractivity contribution in [2.24, 2.45) is 0 Å². The molecule has 1 aromatic heterocycles. The predicted octanol–water partition coefficient (Wildman–Crippen LogP) is 5.84. The zero-order valence-electron chi connectivity index (χ0n) is 33.4. The number of carboxylic acids is 1. The monoisotopic (exact) mass is 817 g/mol. The predicted molar refractivity (Wildman–Crippen MR) is 233 cm³/mol. The lowest BCUT2D eigenvalue weighted by atomic mass is 10.0. The van der Waals surface area contributed by atoms with Crippen molar-refractivity contribution in [3.05, 3.63) is 148 Å². The molecule has 0 radical (unpaired) electrons. The van der Waals surface area contributed by atoms with Gasteiger partial charge in [0.25, 0.3) is 0 Å². The number of thiophene rings is 1. The smallest absolute Gasteiger partial charge is 0.322 e. The summed E-state index contributed by atoms with van der Waals surface area (Å²) in [5.74, 6) is -4.10. The molecule has 59 heavy (non-hydrogen) atoms. The maximum Gasteiger partial charge on any atom is 0.322 e. The minimum Gasteiger partial charge on any atom is -0.480 e. The van der Waals surface area contributed by atoms with Gasteiger partial charge in [-0.15, -0.1) is 24.2 Å². The lowest BCUT2D eigenvalue weighted by molar-refractivity contribution is -0.138. The van der Waals surface area contributed by atoms with Crippen molar-refractivity contribution >= 4 is 52.5 Å². The average molecular weight is 818 g/mol. The highest BCUT2D eigenvalue weighted by atomic mass is 32.1. The number of carbonyl (C=O) groups is 6. The zero-order valence-corrected chi connectivity index (χ0v) is 34.2. The summed E-state index contributed by atoms with van der Waals surface area (Å²) in [4.78, 5) is 72.8. The van der Waals surface area contributed by atoms with E-state index in [0.29, 0.717) is 5.69 Å². The lowest BCUT2D eigenvalue weighted by Gasteiger charge is -2.18. The number of hydrogen-bond acceptors (Lipinski definition) is 7. The Morgan fingerprint density at radius 1 is 0.576 bits per heavy atom. The summed E-state index contributed by atoms with van der Waals surface area (Å²) < 4.78 is 0. The molecule has 1 atom stereocenters. The SMILES string of the molecule is C#C.Cc1ccc(-c2ccccc2)cc1.Cc1ccc(NC(=O)CCC(=O)NCC(=O)NCC(=O)N[C@H](Cc2ccccc2)C(=O)NCC(=O)O)cc1.Cc1cccs1. The van der Waals surface area contributed by atoms with Crippen LogP contribution in [-0.4, -0.2) is 66.3 Å². The summed E-state index contributed by atoms with van der Waals surface area (Å²) >= 11 is 1.78. The molecular weight excluding hydrogens is 767 g/mol. The molecule has 12 nitrogen and oxygen atoms in total. The van der Waals surface area contributed by atoms with Crippen LogP contribution in [0.15, 0.2) is 127 Å². The fourth-order valence-corrected chi connectivity index (χ4v) is 5.45. The maximum atomic E-state index is 12.4. The molecule has 0 unspecified atom stereocenters. The molecular formula is C46H51N5O7S. The van der Waals surface area contributed by atoms with Crippen LogP contribution in [0.25, 0.3) is 11.1 Å². The summed E-state index contributed by atoms with van der Waals surface area (Å²) in [5.41, 5.74) is 6.27. The highest BCUT2D eigenvalue weighted by Gasteiger charge is 2.22. The molecule has 13 heteroatoms. The van der Waals surface area contributed by atoms with E-state index in [-0.39, 0.29) is 25.2 Å². The molecule has 0 aliphatic heterocycles. The Hall–Kier alpha value is -7.04. The first-order chi connectivity index (χ1) is 28.4. The third-order valence-electron chi connectivity index (χ3n) is 7.98. The quantitative estimate of drug-likeness (QED) is 0.0718. The maximum absolute atomic E-state index is 12.4. The number of terminal acetylenes is 1. The van der Waals surface area contributed by atoms with Gasteiger partial charge < -0.3 is 31.7 Å². The number of rotatable bonds is 15. The molecule has 0 saturated heterocycles. The Bertz CT molecular complexity index is 2050. The van der Waals surface area contributed by atoms with Crippen LogP contribution in [0.1, 0.15) is 34.4 Å². The number of anilines is 1. The molecule has 5 aromatic rings. The van der Waals surface area contributed by atoms with E-state index in [1.54, 1.807) is 53.8 Å². The number of benzene rings is 4. The first kappa shape index (κ1) is 48.1. The second-order valence-electron chi connectivity index (χ2n) is 12.8. The molecule has 1 heterocycles. The van der Waals surface area contributed by atoms with E-state index < -0.39 is 55.3 Å². The minimum absolute atomic E-state index is 0.0729. The van der Waals surface area contributed by atoms with Gasteiger partial charge in [-0.2, -0.15) is 0 Å². The summed E-state index contributed by atoms with van der Waals surface area (Å²) in [6.45, 7) is 4.65. The number of nitrogens with one attached hydrogen (secondary N) is 5. The summed E-state index contributed by atoms with van der Waals surface area (Å²) in [7, 11) is 0. The van der Waals surface area contributed by atoms with E-state index in [0.717, 1.165) is 11.1 Å². The number of carbonyl (C=O) groups excluding carboxylic acids is 5. The van der Waals surface area contributed by atoms with Gasteiger partial charge in [-0.3, -0.25) is 28.8 Å². The largest absolute Gasteiger partial charge is 0.480 e. The van der Waals surface area contributed by atoms with E-state index in [2.05, 4.69) is 119 Å². The first-order valence-electron chi connectivity index (χ1n) is 18.6. The molecule has 0 aliphatic carbocycles. The fourth-order valence-electron chi connectivity index (χ4n) is 4.92. The van der Waals surface area contributed by atoms with Crippen LogP contribution >= 0.6 is 11.3 Å². The molecule has 4 aromatic carbocycles. The Labute approximate surface area is 349 Å². The first-order valence-corrected chi connectivity index (χ1v) is 19.4. The van der Waals surface area contributed by atoms with E-state index in [1.165, 1.54) is 21.6 Å². The molecule has 6 N–H and O–H groups in total. The molecule has 308 valence electrons. The van der Waals surface area contributed by atoms with Gasteiger partial charge in [-0.1, -0.05) is 114 Å². The van der Waals surface area contributed by atoms with Crippen LogP contribution in [0.4, 0.5) is 5.69 Å². The molecule has 0 spiro atoms. The van der Waals surface area contributed by atoms with Gasteiger partial charge in [-0.25, -0.2) is 0 Å². The molecule has 5 amide bonds. The van der Waals surface area contributed by atoms with Crippen LogP contribution in [0.3, 0.4) is 0 Å². The molecule has 0 fully saturated rings. The van der Waals surface area contributed by atoms with Crippen LogP contribution in [-0.2, 0) is 35.2 Å². The molecule has 0 bridgehead atoms. The van der Waals surface area contributed by atoms with E-state index >= 15 is 0 Å². The molecule has 0 aliphatic rings. The number of aliphatic carboxylic acids is 1. The zero-order chi connectivity index (χ0) is 43.4. The van der Waals surface area contributed by atoms with Crippen LogP contribution < -0.4 is 26.6 Å². The average Bonchev–Trinajstić information content (AvgIpc) is 3.74. The number of carboxylic acid groups (broad SMARTS) is 1. The second kappa shape index (κ2) is 27.5. The summed E-state index contributed by atoms with van der Waals surface area (Å²) in [5, 5.41) is 22.9. The Kier molecular flexibility index (Phi) is 22.5. The number of hydrogen-bond donors (Lipinski definition) is 6. The highest BCUT2D eigenvalue weighted by Crippen LogP contribution is 2.18. The molecule has 0 saturated carbocycles. The van der Waals surface area contributed by atoms with Crippen molar-refractivity contribution in [2.45, 2.75) is 46.1 Å². The molecule has 5 rings (SSSR count). The van der Waals surface area contributed by atoms with Gasteiger partial charge in [0.1, 0.15) is 12.6 Å². The number of aryl methyl sites for hydroxylation is 3. The Morgan fingerprint density at radius 3 is 1.64 bits per heavy atom. The standard InChI is InChI=1S/C26H31N5O7.C13H12.C5H6S.C2H2/c1-17-7-9-19(10-8-17)30-22(33)12-11-21(32)27-14-23(34)28-15-24(35)31-20(26(38)29-16-25(36)37)13-18-5-3-2-4-6-18;1-11-7-9-13(10-8-11)12-5-3-2-4-6-12;1-5-3-2-4-6-5;1-2/h2-10,20H,11-16H2,1H3,(H,27,32)(H,28,34)(H,29,38)(H,30,33)(H,31,35)(H,36,37);2-10H,1H3;2-4H,1H3;1-2H/t20-;;;/m1.../s1. The van der Waals surface area contributed by atoms with Gasteiger partial charge >= 0.3 is 5.97 Å². The van der Waals surface area contributed by atoms with Crippen molar-refractivity contribution in [1.29, 1.82) is 0 Å². The second-order valence-corrected chi connectivity index (χ2v) is 14.0. The van der Waals surface area contributed by atoms with Crippen molar-refractivity contribution in [3.63, 3.8) is 0 Å². The van der Waals surface area contributed by atoms with Crippen molar-refractivity contribution in [2.75, 3.05) is 25.0 Å².